The minimum Gasteiger partial charge on any atom is -0.476 e. The molecule has 3 nitrogen and oxygen atoms in total. The quantitative estimate of drug-likeness (QED) is 0.826. The molecule has 0 radical (unpaired) electrons. The minimum absolute atomic E-state index is 0.246. The molecule has 1 aromatic carbocycles. The van der Waals surface area contributed by atoms with Crippen molar-refractivity contribution in [1.82, 2.24) is 9.88 Å². The van der Waals surface area contributed by atoms with Crippen molar-refractivity contribution in [3.8, 4) is 17.0 Å². The zero-order valence-corrected chi connectivity index (χ0v) is 11.1. The third kappa shape index (κ3) is 4.03. The molecule has 0 aliphatic carbocycles. The van der Waals surface area contributed by atoms with Crippen molar-refractivity contribution >= 4 is 0 Å². The molecule has 2 aromatic rings. The van der Waals surface area contributed by atoms with Gasteiger partial charge in [0.15, 0.2) is 0 Å². The maximum Gasteiger partial charge on any atom is 0.213 e. The lowest BCUT2D eigenvalue weighted by Crippen LogP contribution is -2.19. The maximum atomic E-state index is 13.1. The summed E-state index contributed by atoms with van der Waals surface area (Å²) in [5.74, 6) is 0.339. The van der Waals surface area contributed by atoms with Crippen molar-refractivity contribution < 1.29 is 9.13 Å². The summed E-state index contributed by atoms with van der Waals surface area (Å²) < 4.78 is 18.6. The van der Waals surface area contributed by atoms with E-state index in [9.17, 15) is 4.39 Å². The standard InChI is InChI=1S/C15H17FN2O/c1-18(2)8-9-19-15-7-6-13(11-17-15)12-4-3-5-14(16)10-12/h3-7,10-11H,8-9H2,1-2H3. The Morgan fingerprint density at radius 3 is 2.63 bits per heavy atom. The molecule has 0 unspecified atom stereocenters. The van der Waals surface area contributed by atoms with E-state index in [0.29, 0.717) is 12.5 Å². The number of hydrogen-bond acceptors (Lipinski definition) is 3. The lowest BCUT2D eigenvalue weighted by Gasteiger charge is -2.10. The van der Waals surface area contributed by atoms with E-state index in [1.54, 1.807) is 18.3 Å². The Bertz CT molecular complexity index is 526. The molecule has 0 bridgehead atoms. The molecule has 0 amide bonds. The summed E-state index contributed by atoms with van der Waals surface area (Å²) in [6.45, 7) is 1.44. The number of rotatable bonds is 5. The van der Waals surface area contributed by atoms with Crippen LogP contribution in [0.25, 0.3) is 11.1 Å². The fourth-order valence-corrected chi connectivity index (χ4v) is 1.64. The Morgan fingerprint density at radius 2 is 2.00 bits per heavy atom. The largest absolute Gasteiger partial charge is 0.476 e. The Balaban J connectivity index is 2.02. The Morgan fingerprint density at radius 1 is 1.16 bits per heavy atom. The Hall–Kier alpha value is -1.94. The SMILES string of the molecule is CN(C)CCOc1ccc(-c2cccc(F)c2)cn1. The average Bonchev–Trinajstić information content (AvgIpc) is 2.39. The van der Waals surface area contributed by atoms with Gasteiger partial charge in [0, 0.05) is 24.4 Å². The minimum atomic E-state index is -0.246. The number of benzene rings is 1. The highest BCUT2D eigenvalue weighted by Crippen LogP contribution is 2.20. The first-order valence-corrected chi connectivity index (χ1v) is 6.14. The second-order valence-electron chi connectivity index (χ2n) is 4.55. The van der Waals surface area contributed by atoms with Gasteiger partial charge in [-0.15, -0.1) is 0 Å². The van der Waals surface area contributed by atoms with Crippen LogP contribution in [0, 0.1) is 5.82 Å². The van der Waals surface area contributed by atoms with E-state index < -0.39 is 0 Å². The van der Waals surface area contributed by atoms with E-state index >= 15 is 0 Å². The van der Waals surface area contributed by atoms with Gasteiger partial charge in [-0.1, -0.05) is 12.1 Å². The van der Waals surface area contributed by atoms with Crippen LogP contribution >= 0.6 is 0 Å². The highest BCUT2D eigenvalue weighted by Gasteiger charge is 2.01. The number of ether oxygens (including phenoxy) is 1. The Labute approximate surface area is 112 Å². The van der Waals surface area contributed by atoms with E-state index in [1.807, 2.05) is 31.1 Å². The molecule has 0 saturated carbocycles. The van der Waals surface area contributed by atoms with Gasteiger partial charge in [0.2, 0.25) is 5.88 Å². The van der Waals surface area contributed by atoms with Crippen LogP contribution in [0.2, 0.25) is 0 Å². The predicted molar refractivity (Wildman–Crippen MR) is 73.7 cm³/mol. The van der Waals surface area contributed by atoms with Gasteiger partial charge in [-0.3, -0.25) is 0 Å². The number of pyridine rings is 1. The maximum absolute atomic E-state index is 13.1. The van der Waals surface area contributed by atoms with Crippen molar-refractivity contribution in [3.63, 3.8) is 0 Å². The van der Waals surface area contributed by atoms with Crippen LogP contribution in [0.1, 0.15) is 0 Å². The van der Waals surface area contributed by atoms with Gasteiger partial charge < -0.3 is 9.64 Å². The molecular formula is C15H17FN2O. The normalized spacial score (nSPS) is 10.7. The molecule has 0 aliphatic rings. The monoisotopic (exact) mass is 260 g/mol. The van der Waals surface area contributed by atoms with Crippen LogP contribution in [0.5, 0.6) is 5.88 Å². The van der Waals surface area contributed by atoms with Crippen molar-refractivity contribution in [2.75, 3.05) is 27.2 Å². The zero-order valence-electron chi connectivity index (χ0n) is 11.1. The van der Waals surface area contributed by atoms with Crippen LogP contribution in [-0.2, 0) is 0 Å². The van der Waals surface area contributed by atoms with Crippen molar-refractivity contribution in [2.24, 2.45) is 0 Å². The second-order valence-corrected chi connectivity index (χ2v) is 4.55. The van der Waals surface area contributed by atoms with Gasteiger partial charge in [-0.05, 0) is 37.9 Å². The predicted octanol–water partition coefficient (Wildman–Crippen LogP) is 2.83. The van der Waals surface area contributed by atoms with Gasteiger partial charge in [0.25, 0.3) is 0 Å². The summed E-state index contributed by atoms with van der Waals surface area (Å²) in [4.78, 5) is 6.26. The highest BCUT2D eigenvalue weighted by atomic mass is 19.1. The van der Waals surface area contributed by atoms with Gasteiger partial charge in [0.1, 0.15) is 12.4 Å². The molecule has 0 saturated heterocycles. The van der Waals surface area contributed by atoms with Crippen molar-refractivity contribution in [2.45, 2.75) is 0 Å². The molecule has 1 aromatic heterocycles. The fourth-order valence-electron chi connectivity index (χ4n) is 1.64. The van der Waals surface area contributed by atoms with Crippen LogP contribution in [0.15, 0.2) is 42.6 Å². The number of likely N-dealkylation sites (N-methyl/N-ethyl adjacent to an activating group) is 1. The van der Waals surface area contributed by atoms with Crippen LogP contribution in [0.4, 0.5) is 4.39 Å². The summed E-state index contributed by atoms with van der Waals surface area (Å²) in [7, 11) is 3.98. The Kier molecular flexibility index (Phi) is 4.47. The first kappa shape index (κ1) is 13.5. The summed E-state index contributed by atoms with van der Waals surface area (Å²) in [6.07, 6.45) is 1.69. The molecule has 4 heteroatoms. The molecule has 0 spiro atoms. The molecule has 100 valence electrons. The lowest BCUT2D eigenvalue weighted by atomic mass is 10.1. The summed E-state index contributed by atoms with van der Waals surface area (Å²) in [5, 5.41) is 0. The number of hydrogen-bond donors (Lipinski definition) is 0. The second kappa shape index (κ2) is 6.29. The highest BCUT2D eigenvalue weighted by molar-refractivity contribution is 5.62. The van der Waals surface area contributed by atoms with E-state index in [1.165, 1.54) is 12.1 Å². The van der Waals surface area contributed by atoms with E-state index in [0.717, 1.165) is 17.7 Å². The third-order valence-electron chi connectivity index (χ3n) is 2.68. The van der Waals surface area contributed by atoms with E-state index in [4.69, 9.17) is 4.74 Å². The molecule has 0 N–H and O–H groups in total. The van der Waals surface area contributed by atoms with Gasteiger partial charge in [-0.25, -0.2) is 9.37 Å². The molecule has 0 aliphatic heterocycles. The first-order chi connectivity index (χ1) is 9.15. The van der Waals surface area contributed by atoms with Gasteiger partial charge in [0.05, 0.1) is 0 Å². The molecule has 0 atom stereocenters. The van der Waals surface area contributed by atoms with E-state index in [-0.39, 0.29) is 5.82 Å². The number of nitrogens with zero attached hydrogens (tertiary/aromatic N) is 2. The first-order valence-electron chi connectivity index (χ1n) is 6.14. The lowest BCUT2D eigenvalue weighted by molar-refractivity contribution is 0.254. The summed E-state index contributed by atoms with van der Waals surface area (Å²) in [6, 6.07) is 10.1. The molecule has 1 heterocycles. The molecule has 0 fully saturated rings. The van der Waals surface area contributed by atoms with Crippen LogP contribution in [0.3, 0.4) is 0 Å². The fraction of sp³-hybridized carbons (Fsp3) is 0.267. The van der Waals surface area contributed by atoms with Gasteiger partial charge in [-0.2, -0.15) is 0 Å². The van der Waals surface area contributed by atoms with Crippen LogP contribution < -0.4 is 4.74 Å². The molecule has 19 heavy (non-hydrogen) atoms. The average molecular weight is 260 g/mol. The zero-order chi connectivity index (χ0) is 13.7. The van der Waals surface area contributed by atoms with Crippen molar-refractivity contribution in [3.05, 3.63) is 48.4 Å². The third-order valence-corrected chi connectivity index (χ3v) is 2.68. The van der Waals surface area contributed by atoms with Gasteiger partial charge >= 0.3 is 0 Å². The van der Waals surface area contributed by atoms with Crippen LogP contribution in [-0.4, -0.2) is 37.1 Å². The number of halogens is 1. The van der Waals surface area contributed by atoms with Crippen molar-refractivity contribution in [1.29, 1.82) is 0 Å². The smallest absolute Gasteiger partial charge is 0.213 e. The summed E-state index contributed by atoms with van der Waals surface area (Å²) >= 11 is 0. The molecule has 2 rings (SSSR count). The topological polar surface area (TPSA) is 25.4 Å². The van der Waals surface area contributed by atoms with E-state index in [2.05, 4.69) is 4.98 Å². The number of aromatic nitrogens is 1. The molecular weight excluding hydrogens is 243 g/mol. The summed E-state index contributed by atoms with van der Waals surface area (Å²) in [5.41, 5.74) is 1.69.